The molecule has 0 saturated heterocycles. The van der Waals surface area contributed by atoms with Gasteiger partial charge < -0.3 is 10.2 Å². The molecule has 0 aromatic heterocycles. The summed E-state index contributed by atoms with van der Waals surface area (Å²) in [5, 5.41) is 3.96. The molecular weight excluding hydrogens is 232 g/mol. The maximum absolute atomic E-state index is 6.31. The van der Waals surface area contributed by atoms with Crippen molar-refractivity contribution in [2.75, 3.05) is 25.5 Å². The Labute approximate surface area is 110 Å². The predicted octanol–water partition coefficient (Wildman–Crippen LogP) is 3.54. The van der Waals surface area contributed by atoms with Crippen molar-refractivity contribution in [3.8, 4) is 0 Å². The van der Waals surface area contributed by atoms with Crippen LogP contribution < -0.4 is 10.2 Å². The van der Waals surface area contributed by atoms with Crippen LogP contribution in [0.3, 0.4) is 0 Å². The van der Waals surface area contributed by atoms with Gasteiger partial charge in [-0.15, -0.1) is 0 Å². The second-order valence-electron chi connectivity index (χ2n) is 4.92. The second-order valence-corrected chi connectivity index (χ2v) is 5.33. The largest absolute Gasteiger partial charge is 0.373 e. The lowest BCUT2D eigenvalue weighted by atomic mass is 10.1. The van der Waals surface area contributed by atoms with E-state index in [1.54, 1.807) is 0 Å². The summed E-state index contributed by atoms with van der Waals surface area (Å²) in [6, 6.07) is 6.28. The van der Waals surface area contributed by atoms with Gasteiger partial charge in [0.25, 0.3) is 0 Å². The van der Waals surface area contributed by atoms with Crippen molar-refractivity contribution in [2.45, 2.75) is 26.8 Å². The van der Waals surface area contributed by atoms with Crippen molar-refractivity contribution in [3.05, 3.63) is 28.8 Å². The Bertz CT molecular complexity index is 350. The first-order valence-electron chi connectivity index (χ1n) is 6.18. The van der Waals surface area contributed by atoms with Gasteiger partial charge in [-0.3, -0.25) is 0 Å². The van der Waals surface area contributed by atoms with Gasteiger partial charge in [-0.25, -0.2) is 0 Å². The van der Waals surface area contributed by atoms with E-state index in [1.807, 2.05) is 13.1 Å². The van der Waals surface area contributed by atoms with Crippen LogP contribution in [-0.2, 0) is 6.54 Å². The zero-order valence-corrected chi connectivity index (χ0v) is 12.0. The third-order valence-corrected chi connectivity index (χ3v) is 3.15. The Morgan fingerprint density at radius 1 is 1.35 bits per heavy atom. The van der Waals surface area contributed by atoms with E-state index in [0.717, 1.165) is 29.7 Å². The highest BCUT2D eigenvalue weighted by Crippen LogP contribution is 2.26. The highest BCUT2D eigenvalue weighted by atomic mass is 35.5. The molecule has 0 heterocycles. The van der Waals surface area contributed by atoms with Gasteiger partial charge in [-0.1, -0.05) is 31.5 Å². The first-order valence-corrected chi connectivity index (χ1v) is 6.56. The molecule has 1 aromatic rings. The van der Waals surface area contributed by atoms with Crippen molar-refractivity contribution >= 4 is 17.3 Å². The lowest BCUT2D eigenvalue weighted by Gasteiger charge is -2.22. The average Bonchev–Trinajstić information content (AvgIpc) is 2.26. The van der Waals surface area contributed by atoms with Crippen LogP contribution in [0.5, 0.6) is 0 Å². The summed E-state index contributed by atoms with van der Waals surface area (Å²) in [5.74, 6) is 0.722. The first kappa shape index (κ1) is 14.3. The Balaban J connectivity index is 2.70. The van der Waals surface area contributed by atoms with E-state index in [4.69, 9.17) is 11.6 Å². The van der Waals surface area contributed by atoms with Crippen LogP contribution in [0.2, 0.25) is 5.02 Å². The molecule has 1 N–H and O–H groups in total. The molecule has 0 unspecified atom stereocenters. The number of nitrogens with one attached hydrogen (secondary N) is 1. The number of rotatable bonds is 6. The number of nitrogens with zero attached hydrogens (tertiary/aromatic N) is 1. The van der Waals surface area contributed by atoms with Crippen LogP contribution >= 0.6 is 11.6 Å². The molecule has 1 aromatic carbocycles. The minimum Gasteiger partial charge on any atom is -0.373 e. The van der Waals surface area contributed by atoms with Crippen molar-refractivity contribution < 1.29 is 0 Å². The molecule has 0 aliphatic carbocycles. The summed E-state index contributed by atoms with van der Waals surface area (Å²) in [7, 11) is 4.04. The van der Waals surface area contributed by atoms with Crippen molar-refractivity contribution in [3.63, 3.8) is 0 Å². The van der Waals surface area contributed by atoms with E-state index < -0.39 is 0 Å². The van der Waals surface area contributed by atoms with Gasteiger partial charge in [0.15, 0.2) is 0 Å². The monoisotopic (exact) mass is 254 g/mol. The van der Waals surface area contributed by atoms with E-state index in [-0.39, 0.29) is 0 Å². The SMILES string of the molecule is CNCc1ccc(N(C)CCC(C)C)c(Cl)c1. The van der Waals surface area contributed by atoms with Gasteiger partial charge in [0.2, 0.25) is 0 Å². The molecule has 0 aliphatic heterocycles. The molecule has 0 atom stereocenters. The standard InChI is InChI=1S/C14H23ClN2/c1-11(2)7-8-17(4)14-6-5-12(10-16-3)9-13(14)15/h5-6,9,11,16H,7-8,10H2,1-4H3. The molecule has 0 aliphatic rings. The van der Waals surface area contributed by atoms with Crippen LogP contribution in [0.15, 0.2) is 18.2 Å². The fraction of sp³-hybridized carbons (Fsp3) is 0.571. The molecule has 0 amide bonds. The number of anilines is 1. The van der Waals surface area contributed by atoms with Crippen LogP contribution in [0.1, 0.15) is 25.8 Å². The minimum absolute atomic E-state index is 0.722. The van der Waals surface area contributed by atoms with Gasteiger partial charge in [0, 0.05) is 20.1 Å². The molecule has 1 rings (SSSR count). The fourth-order valence-corrected chi connectivity index (χ4v) is 2.09. The molecule has 0 fully saturated rings. The fourth-order valence-electron chi connectivity index (χ4n) is 1.75. The van der Waals surface area contributed by atoms with Crippen molar-refractivity contribution in [2.24, 2.45) is 5.92 Å². The first-order chi connectivity index (χ1) is 8.04. The minimum atomic E-state index is 0.722. The summed E-state index contributed by atoms with van der Waals surface area (Å²) in [6.07, 6.45) is 1.19. The van der Waals surface area contributed by atoms with E-state index in [0.29, 0.717) is 0 Å². The second kappa shape index (κ2) is 6.87. The topological polar surface area (TPSA) is 15.3 Å². The normalized spacial score (nSPS) is 10.9. The number of hydrogen-bond acceptors (Lipinski definition) is 2. The Hall–Kier alpha value is -0.730. The van der Waals surface area contributed by atoms with Crippen molar-refractivity contribution in [1.29, 1.82) is 0 Å². The maximum atomic E-state index is 6.31. The smallest absolute Gasteiger partial charge is 0.0642 e. The third-order valence-electron chi connectivity index (χ3n) is 2.85. The summed E-state index contributed by atoms with van der Waals surface area (Å²) in [6.45, 7) is 6.38. The molecule has 3 heteroatoms. The van der Waals surface area contributed by atoms with Gasteiger partial charge >= 0.3 is 0 Å². The van der Waals surface area contributed by atoms with Crippen LogP contribution in [0.25, 0.3) is 0 Å². The number of hydrogen-bond donors (Lipinski definition) is 1. The molecule has 0 saturated carbocycles. The van der Waals surface area contributed by atoms with Crippen LogP contribution in [0, 0.1) is 5.92 Å². The Morgan fingerprint density at radius 2 is 2.06 bits per heavy atom. The molecule has 0 radical (unpaired) electrons. The predicted molar refractivity (Wildman–Crippen MR) is 76.9 cm³/mol. The number of benzene rings is 1. The van der Waals surface area contributed by atoms with Crippen LogP contribution in [0.4, 0.5) is 5.69 Å². The van der Waals surface area contributed by atoms with E-state index in [1.165, 1.54) is 12.0 Å². The maximum Gasteiger partial charge on any atom is 0.0642 e. The zero-order chi connectivity index (χ0) is 12.8. The van der Waals surface area contributed by atoms with Gasteiger partial charge in [-0.2, -0.15) is 0 Å². The lowest BCUT2D eigenvalue weighted by Crippen LogP contribution is -2.20. The molecule has 0 bridgehead atoms. The summed E-state index contributed by atoms with van der Waals surface area (Å²) in [5.41, 5.74) is 2.34. The highest BCUT2D eigenvalue weighted by molar-refractivity contribution is 6.33. The summed E-state index contributed by atoms with van der Waals surface area (Å²) < 4.78 is 0. The average molecular weight is 255 g/mol. The molecular formula is C14H23ClN2. The summed E-state index contributed by atoms with van der Waals surface area (Å²) >= 11 is 6.31. The quantitative estimate of drug-likeness (QED) is 0.835. The van der Waals surface area contributed by atoms with Crippen molar-refractivity contribution in [1.82, 2.24) is 5.32 Å². The van der Waals surface area contributed by atoms with Gasteiger partial charge in [0.05, 0.1) is 10.7 Å². The third kappa shape index (κ3) is 4.57. The molecule has 0 spiro atoms. The molecule has 96 valence electrons. The van der Waals surface area contributed by atoms with Gasteiger partial charge in [0.1, 0.15) is 0 Å². The lowest BCUT2D eigenvalue weighted by molar-refractivity contribution is 0.585. The van der Waals surface area contributed by atoms with Gasteiger partial charge in [-0.05, 0) is 37.1 Å². The number of halogens is 1. The summed E-state index contributed by atoms with van der Waals surface area (Å²) in [4.78, 5) is 2.23. The van der Waals surface area contributed by atoms with Crippen LogP contribution in [-0.4, -0.2) is 20.6 Å². The zero-order valence-electron chi connectivity index (χ0n) is 11.3. The van der Waals surface area contributed by atoms with E-state index >= 15 is 0 Å². The molecule has 17 heavy (non-hydrogen) atoms. The molecule has 2 nitrogen and oxygen atoms in total. The Morgan fingerprint density at radius 3 is 2.59 bits per heavy atom. The van der Waals surface area contributed by atoms with E-state index in [9.17, 15) is 0 Å². The highest BCUT2D eigenvalue weighted by Gasteiger charge is 2.07. The van der Waals surface area contributed by atoms with E-state index in [2.05, 4.69) is 43.2 Å². The Kier molecular flexibility index (Phi) is 5.79.